The minimum absolute atomic E-state index is 0.0446. The molecule has 0 aliphatic heterocycles. The summed E-state index contributed by atoms with van der Waals surface area (Å²) in [6.07, 6.45) is 2.85. The number of amides is 1. The number of rotatable bonds is 7. The van der Waals surface area contributed by atoms with Gasteiger partial charge >= 0.3 is 0 Å². The molecule has 0 aromatic carbocycles. The van der Waals surface area contributed by atoms with E-state index in [4.69, 9.17) is 0 Å². The lowest BCUT2D eigenvalue weighted by Crippen LogP contribution is -2.42. The first-order valence-corrected chi connectivity index (χ1v) is 8.28. The molecule has 0 aliphatic carbocycles. The topological polar surface area (TPSA) is 75.1 Å². The summed E-state index contributed by atoms with van der Waals surface area (Å²) in [6.45, 7) is 4.01. The van der Waals surface area contributed by atoms with Crippen molar-refractivity contribution in [3.8, 4) is 10.7 Å². The van der Waals surface area contributed by atoms with Gasteiger partial charge in [0.1, 0.15) is 5.01 Å². The Kier molecular flexibility index (Phi) is 6.03. The van der Waals surface area contributed by atoms with Gasteiger partial charge < -0.3 is 10.4 Å². The number of hydrogen-bond donors (Lipinski definition) is 2. The van der Waals surface area contributed by atoms with Crippen molar-refractivity contribution >= 4 is 17.2 Å². The number of aliphatic hydroxyl groups excluding tert-OH is 1. The maximum absolute atomic E-state index is 12.1. The van der Waals surface area contributed by atoms with Crippen molar-refractivity contribution in [1.29, 1.82) is 0 Å². The minimum atomic E-state index is -0.202. The predicted octanol–water partition coefficient (Wildman–Crippen LogP) is 2.27. The first kappa shape index (κ1) is 16.6. The van der Waals surface area contributed by atoms with Gasteiger partial charge in [-0.1, -0.05) is 26.3 Å². The van der Waals surface area contributed by atoms with E-state index in [9.17, 15) is 9.90 Å². The third-order valence-electron chi connectivity index (χ3n) is 3.65. The fraction of sp³-hybridized carbons (Fsp3) is 0.438. The summed E-state index contributed by atoms with van der Waals surface area (Å²) in [7, 11) is 0. The highest BCUT2D eigenvalue weighted by molar-refractivity contribution is 7.13. The van der Waals surface area contributed by atoms with Crippen LogP contribution in [0.3, 0.4) is 0 Å². The molecule has 0 saturated heterocycles. The maximum atomic E-state index is 12.1. The highest BCUT2D eigenvalue weighted by Crippen LogP contribution is 2.21. The van der Waals surface area contributed by atoms with Crippen LogP contribution >= 0.6 is 11.3 Å². The van der Waals surface area contributed by atoms with Gasteiger partial charge in [-0.25, -0.2) is 4.98 Å². The lowest BCUT2D eigenvalue weighted by molar-refractivity contribution is -0.121. The van der Waals surface area contributed by atoms with Crippen LogP contribution in [0, 0.1) is 5.92 Å². The fourth-order valence-electron chi connectivity index (χ4n) is 2.07. The van der Waals surface area contributed by atoms with Crippen LogP contribution in [0.25, 0.3) is 10.7 Å². The smallest absolute Gasteiger partial charge is 0.226 e. The van der Waals surface area contributed by atoms with Gasteiger partial charge in [-0.2, -0.15) is 0 Å². The van der Waals surface area contributed by atoms with Crippen LogP contribution in [-0.4, -0.2) is 33.6 Å². The number of hydrogen-bond acceptors (Lipinski definition) is 5. The van der Waals surface area contributed by atoms with E-state index in [1.54, 1.807) is 6.20 Å². The van der Waals surface area contributed by atoms with Gasteiger partial charge in [0.2, 0.25) is 5.91 Å². The molecule has 0 aliphatic rings. The quantitative estimate of drug-likeness (QED) is 0.821. The summed E-state index contributed by atoms with van der Waals surface area (Å²) in [5.74, 6) is 0.130. The van der Waals surface area contributed by atoms with Crippen LogP contribution in [0.2, 0.25) is 0 Å². The molecule has 2 unspecified atom stereocenters. The highest BCUT2D eigenvalue weighted by Gasteiger charge is 2.18. The number of aliphatic hydroxyl groups is 1. The third kappa shape index (κ3) is 4.35. The SMILES string of the molecule is CCC(C)C(CO)NC(=O)Cc1csc(-c2ccccn2)n1. The molecule has 2 atom stereocenters. The van der Waals surface area contributed by atoms with Gasteiger partial charge in [0.25, 0.3) is 0 Å². The molecule has 2 rings (SSSR count). The minimum Gasteiger partial charge on any atom is -0.394 e. The molecular weight excluding hydrogens is 298 g/mol. The lowest BCUT2D eigenvalue weighted by atomic mass is 10.00. The van der Waals surface area contributed by atoms with Crippen LogP contribution in [-0.2, 0) is 11.2 Å². The molecule has 0 spiro atoms. The Morgan fingerprint density at radius 2 is 2.27 bits per heavy atom. The molecule has 0 radical (unpaired) electrons. The Bertz CT molecular complexity index is 600. The number of carbonyl (C=O) groups excluding carboxylic acids is 1. The summed E-state index contributed by atoms with van der Waals surface area (Å²) in [5.41, 5.74) is 1.54. The normalized spacial score (nSPS) is 13.6. The number of aromatic nitrogens is 2. The van der Waals surface area contributed by atoms with E-state index in [0.29, 0.717) is 0 Å². The van der Waals surface area contributed by atoms with Crippen LogP contribution in [0.15, 0.2) is 29.8 Å². The number of thiazole rings is 1. The second-order valence-corrected chi connectivity index (χ2v) is 6.14. The summed E-state index contributed by atoms with van der Waals surface area (Å²) in [6, 6.07) is 5.46. The van der Waals surface area contributed by atoms with Gasteiger partial charge in [-0.15, -0.1) is 11.3 Å². The lowest BCUT2D eigenvalue weighted by Gasteiger charge is -2.21. The fourth-order valence-corrected chi connectivity index (χ4v) is 2.86. The number of carbonyl (C=O) groups is 1. The Hall–Kier alpha value is -1.79. The monoisotopic (exact) mass is 319 g/mol. The summed E-state index contributed by atoms with van der Waals surface area (Å²) in [4.78, 5) is 20.8. The zero-order valence-electron chi connectivity index (χ0n) is 12.8. The van der Waals surface area contributed by atoms with Gasteiger partial charge in [0, 0.05) is 11.6 Å². The van der Waals surface area contributed by atoms with E-state index in [0.717, 1.165) is 22.8 Å². The molecule has 6 heteroatoms. The van der Waals surface area contributed by atoms with Crippen molar-refractivity contribution in [3.63, 3.8) is 0 Å². The molecule has 0 bridgehead atoms. The first-order valence-electron chi connectivity index (χ1n) is 7.40. The van der Waals surface area contributed by atoms with Crippen LogP contribution in [0.4, 0.5) is 0 Å². The van der Waals surface area contributed by atoms with Crippen molar-refractivity contribution in [1.82, 2.24) is 15.3 Å². The molecule has 0 saturated carbocycles. The summed E-state index contributed by atoms with van der Waals surface area (Å²) < 4.78 is 0. The number of pyridine rings is 1. The molecule has 1 amide bonds. The summed E-state index contributed by atoms with van der Waals surface area (Å²) >= 11 is 1.48. The van der Waals surface area contributed by atoms with Gasteiger partial charge in [0.05, 0.1) is 30.5 Å². The molecule has 118 valence electrons. The highest BCUT2D eigenvalue weighted by atomic mass is 32.1. The largest absolute Gasteiger partial charge is 0.394 e. The Balaban J connectivity index is 1.96. The molecular formula is C16H21N3O2S. The molecule has 2 N–H and O–H groups in total. The zero-order chi connectivity index (χ0) is 15.9. The first-order chi connectivity index (χ1) is 10.6. The van der Waals surface area contributed by atoms with Crippen molar-refractivity contribution in [2.24, 2.45) is 5.92 Å². The predicted molar refractivity (Wildman–Crippen MR) is 87.5 cm³/mol. The van der Waals surface area contributed by atoms with E-state index in [2.05, 4.69) is 15.3 Å². The van der Waals surface area contributed by atoms with Crippen molar-refractivity contribution in [3.05, 3.63) is 35.5 Å². The van der Waals surface area contributed by atoms with Crippen LogP contribution in [0.1, 0.15) is 26.0 Å². The molecule has 2 aromatic heterocycles. The van der Waals surface area contributed by atoms with E-state index >= 15 is 0 Å². The van der Waals surface area contributed by atoms with Gasteiger partial charge in [-0.05, 0) is 18.1 Å². The molecule has 0 fully saturated rings. The second-order valence-electron chi connectivity index (χ2n) is 5.28. The average Bonchev–Trinajstić information content (AvgIpc) is 3.01. The zero-order valence-corrected chi connectivity index (χ0v) is 13.6. The standard InChI is InChI=1S/C16H21N3O2S/c1-3-11(2)14(9-20)19-15(21)8-12-10-22-16(18-12)13-6-4-5-7-17-13/h4-7,10-11,14,20H,3,8-9H2,1-2H3,(H,19,21). The number of nitrogens with one attached hydrogen (secondary N) is 1. The molecule has 2 aromatic rings. The Labute approximate surface area is 134 Å². The Morgan fingerprint density at radius 1 is 1.45 bits per heavy atom. The molecule has 22 heavy (non-hydrogen) atoms. The second kappa shape index (κ2) is 8.00. The van der Waals surface area contributed by atoms with E-state index in [1.807, 2.05) is 37.4 Å². The van der Waals surface area contributed by atoms with Crippen LogP contribution in [0.5, 0.6) is 0 Å². The van der Waals surface area contributed by atoms with Crippen molar-refractivity contribution in [2.75, 3.05) is 6.61 Å². The summed E-state index contributed by atoms with van der Waals surface area (Å²) in [5, 5.41) is 14.9. The molecule has 5 nitrogen and oxygen atoms in total. The van der Waals surface area contributed by atoms with Crippen molar-refractivity contribution < 1.29 is 9.90 Å². The number of nitrogens with zero attached hydrogens (tertiary/aromatic N) is 2. The van der Waals surface area contributed by atoms with E-state index in [-0.39, 0.29) is 30.9 Å². The Morgan fingerprint density at radius 3 is 2.91 bits per heavy atom. The van der Waals surface area contributed by atoms with E-state index < -0.39 is 0 Å². The van der Waals surface area contributed by atoms with Crippen LogP contribution < -0.4 is 5.32 Å². The van der Waals surface area contributed by atoms with Gasteiger partial charge in [0.15, 0.2) is 0 Å². The maximum Gasteiger partial charge on any atom is 0.226 e. The van der Waals surface area contributed by atoms with E-state index in [1.165, 1.54) is 11.3 Å². The average molecular weight is 319 g/mol. The van der Waals surface area contributed by atoms with Crippen molar-refractivity contribution in [2.45, 2.75) is 32.7 Å². The molecule has 2 heterocycles. The van der Waals surface area contributed by atoms with Gasteiger partial charge in [-0.3, -0.25) is 9.78 Å². The third-order valence-corrected chi connectivity index (χ3v) is 4.56.